The normalized spacial score (nSPS) is 25.2. The Hall–Kier alpha value is -3.56. The minimum Gasteiger partial charge on any atom is -0.368 e. The number of barbiturate groups is 1. The monoisotopic (exact) mass is 458 g/mol. The van der Waals surface area contributed by atoms with Gasteiger partial charge in [0.2, 0.25) is 11.8 Å². The van der Waals surface area contributed by atoms with Gasteiger partial charge in [0.15, 0.2) is 5.41 Å². The van der Waals surface area contributed by atoms with Crippen LogP contribution in [-0.2, 0) is 22.2 Å². The van der Waals surface area contributed by atoms with Crippen molar-refractivity contribution < 1.29 is 27.6 Å². The Balaban J connectivity index is 1.65. The highest BCUT2D eigenvalue weighted by Gasteiger charge is 2.62. The molecule has 1 spiro atoms. The zero-order valence-corrected chi connectivity index (χ0v) is 17.7. The van der Waals surface area contributed by atoms with Gasteiger partial charge in [0.25, 0.3) is 0 Å². The van der Waals surface area contributed by atoms with Gasteiger partial charge in [-0.05, 0) is 42.3 Å². The van der Waals surface area contributed by atoms with E-state index in [0.29, 0.717) is 25.3 Å². The number of benzene rings is 2. The summed E-state index contributed by atoms with van der Waals surface area (Å²) in [6, 6.07) is 11.4. The van der Waals surface area contributed by atoms with Crippen LogP contribution in [0.1, 0.15) is 11.1 Å². The number of halogens is 3. The highest BCUT2D eigenvalue weighted by Crippen LogP contribution is 2.47. The molecule has 33 heavy (non-hydrogen) atoms. The highest BCUT2D eigenvalue weighted by atomic mass is 19.4. The number of para-hydroxylation sites is 1. The molecule has 0 aliphatic carbocycles. The molecular formula is C23H21F3N4O3. The molecule has 0 saturated carbocycles. The van der Waals surface area contributed by atoms with Crippen molar-refractivity contribution >= 4 is 29.2 Å². The number of nitrogens with one attached hydrogen (secondary N) is 1. The Morgan fingerprint density at radius 2 is 1.76 bits per heavy atom. The third-order valence-corrected chi connectivity index (χ3v) is 6.87. The second kappa shape index (κ2) is 7.23. The van der Waals surface area contributed by atoms with E-state index in [-0.39, 0.29) is 12.0 Å². The van der Waals surface area contributed by atoms with Gasteiger partial charge in [-0.25, -0.2) is 4.79 Å². The molecule has 2 aromatic carbocycles. The number of imide groups is 2. The molecule has 10 heteroatoms. The van der Waals surface area contributed by atoms with Gasteiger partial charge in [-0.2, -0.15) is 13.2 Å². The van der Waals surface area contributed by atoms with Crippen molar-refractivity contribution in [2.24, 2.45) is 5.41 Å². The summed E-state index contributed by atoms with van der Waals surface area (Å²) in [5.41, 5.74) is -0.815. The van der Waals surface area contributed by atoms with Gasteiger partial charge >= 0.3 is 12.2 Å². The van der Waals surface area contributed by atoms with Crippen LogP contribution >= 0.6 is 0 Å². The smallest absolute Gasteiger partial charge is 0.368 e. The molecule has 172 valence electrons. The molecule has 0 aromatic heterocycles. The van der Waals surface area contributed by atoms with E-state index in [1.54, 1.807) is 0 Å². The molecule has 3 heterocycles. The lowest BCUT2D eigenvalue weighted by atomic mass is 9.67. The van der Waals surface area contributed by atoms with Crippen LogP contribution in [0.4, 0.5) is 29.3 Å². The summed E-state index contributed by atoms with van der Waals surface area (Å²) >= 11 is 0. The molecule has 2 aromatic rings. The van der Waals surface area contributed by atoms with Gasteiger partial charge in [-0.3, -0.25) is 19.8 Å². The first kappa shape index (κ1) is 21.3. The standard InChI is InChI=1S/C23H21F3N4O3/c1-28-20(32)22(19(31)27-21(28)33)12-14-11-15(23(24,25)26)7-8-17(14)30-10-9-29(13-18(22)30)16-5-3-2-4-6-16/h2-8,11,18H,9-10,12-13H2,1H3,(H,27,31,33)/t18-,22+/m1/s1. The summed E-state index contributed by atoms with van der Waals surface area (Å²) in [6.07, 6.45) is -4.78. The number of amides is 4. The van der Waals surface area contributed by atoms with E-state index in [2.05, 4.69) is 10.2 Å². The van der Waals surface area contributed by atoms with Crippen LogP contribution < -0.4 is 15.1 Å². The van der Waals surface area contributed by atoms with Crippen LogP contribution in [0.5, 0.6) is 0 Å². The summed E-state index contributed by atoms with van der Waals surface area (Å²) in [5.74, 6) is -1.48. The number of carbonyl (C=O) groups is 3. The fraction of sp³-hybridized carbons (Fsp3) is 0.348. The van der Waals surface area contributed by atoms with E-state index in [9.17, 15) is 27.6 Å². The second-order valence-electron chi connectivity index (χ2n) is 8.60. The lowest BCUT2D eigenvalue weighted by Crippen LogP contribution is -2.74. The third-order valence-electron chi connectivity index (χ3n) is 6.87. The number of nitrogens with zero attached hydrogens (tertiary/aromatic N) is 3. The van der Waals surface area contributed by atoms with E-state index in [4.69, 9.17) is 0 Å². The van der Waals surface area contributed by atoms with Crippen molar-refractivity contribution in [3.8, 4) is 0 Å². The number of hydrogen-bond acceptors (Lipinski definition) is 5. The Labute approximate surface area is 187 Å². The SMILES string of the molecule is CN1C(=O)NC(=O)[C@@]2(Cc3cc(C(F)(F)F)ccc3N3CCN(c4ccccc4)C[C@@H]32)C1=O. The zero-order valence-electron chi connectivity index (χ0n) is 17.7. The van der Waals surface area contributed by atoms with E-state index < -0.39 is 41.0 Å². The Kier molecular flexibility index (Phi) is 4.66. The van der Waals surface area contributed by atoms with Crippen molar-refractivity contribution in [1.29, 1.82) is 0 Å². The maximum absolute atomic E-state index is 13.5. The minimum atomic E-state index is -4.56. The van der Waals surface area contributed by atoms with Crippen LogP contribution in [0, 0.1) is 5.41 Å². The number of alkyl halides is 3. The molecule has 2 saturated heterocycles. The van der Waals surface area contributed by atoms with Crippen molar-refractivity contribution in [3.05, 3.63) is 59.7 Å². The molecule has 2 fully saturated rings. The largest absolute Gasteiger partial charge is 0.416 e. The van der Waals surface area contributed by atoms with E-state index in [0.717, 1.165) is 22.7 Å². The summed E-state index contributed by atoms with van der Waals surface area (Å²) in [4.78, 5) is 43.6. The molecule has 3 aliphatic rings. The molecule has 5 rings (SSSR count). The minimum absolute atomic E-state index is 0.224. The summed E-state index contributed by atoms with van der Waals surface area (Å²) in [6.45, 7) is 1.26. The predicted molar refractivity (Wildman–Crippen MR) is 114 cm³/mol. The molecule has 0 radical (unpaired) electrons. The number of urea groups is 1. The predicted octanol–water partition coefficient (Wildman–Crippen LogP) is 2.65. The first-order valence-corrected chi connectivity index (χ1v) is 10.5. The van der Waals surface area contributed by atoms with Crippen molar-refractivity contribution in [2.45, 2.75) is 18.6 Å². The van der Waals surface area contributed by atoms with Crippen molar-refractivity contribution in [2.75, 3.05) is 36.5 Å². The maximum atomic E-state index is 13.5. The number of anilines is 2. The Morgan fingerprint density at radius 1 is 1.03 bits per heavy atom. The molecule has 3 aliphatic heterocycles. The van der Waals surface area contributed by atoms with Gasteiger partial charge in [0.05, 0.1) is 11.6 Å². The maximum Gasteiger partial charge on any atom is 0.416 e. The summed E-state index contributed by atoms with van der Waals surface area (Å²) in [5, 5.41) is 2.24. The zero-order chi connectivity index (χ0) is 23.5. The first-order valence-electron chi connectivity index (χ1n) is 10.5. The van der Waals surface area contributed by atoms with Crippen LogP contribution in [0.15, 0.2) is 48.5 Å². The van der Waals surface area contributed by atoms with Crippen molar-refractivity contribution in [1.82, 2.24) is 10.2 Å². The fourth-order valence-corrected chi connectivity index (χ4v) is 5.20. The summed E-state index contributed by atoms with van der Waals surface area (Å²) < 4.78 is 40.2. The second-order valence-corrected chi connectivity index (χ2v) is 8.60. The van der Waals surface area contributed by atoms with E-state index in [1.807, 2.05) is 35.2 Å². The van der Waals surface area contributed by atoms with Crippen LogP contribution in [0.25, 0.3) is 0 Å². The van der Waals surface area contributed by atoms with Crippen LogP contribution in [-0.4, -0.2) is 55.5 Å². The van der Waals surface area contributed by atoms with Gasteiger partial charge < -0.3 is 9.80 Å². The molecule has 4 amide bonds. The molecule has 2 atom stereocenters. The van der Waals surface area contributed by atoms with Gasteiger partial charge in [-0.1, -0.05) is 18.2 Å². The fourth-order valence-electron chi connectivity index (χ4n) is 5.20. The van der Waals surface area contributed by atoms with Crippen LogP contribution in [0.2, 0.25) is 0 Å². The topological polar surface area (TPSA) is 73.0 Å². The van der Waals surface area contributed by atoms with Crippen LogP contribution in [0.3, 0.4) is 0 Å². The molecular weight excluding hydrogens is 437 g/mol. The third kappa shape index (κ3) is 3.15. The van der Waals surface area contributed by atoms with E-state index >= 15 is 0 Å². The molecule has 0 unspecified atom stereocenters. The van der Waals surface area contributed by atoms with Gasteiger partial charge in [0.1, 0.15) is 0 Å². The number of carbonyl (C=O) groups excluding carboxylic acids is 3. The number of hydrogen-bond donors (Lipinski definition) is 1. The quantitative estimate of drug-likeness (QED) is 0.666. The average molecular weight is 458 g/mol. The Bertz CT molecular complexity index is 1150. The first-order chi connectivity index (χ1) is 15.6. The summed E-state index contributed by atoms with van der Waals surface area (Å²) in [7, 11) is 1.27. The highest BCUT2D eigenvalue weighted by molar-refractivity contribution is 6.20. The number of rotatable bonds is 1. The molecule has 1 N–H and O–H groups in total. The lowest BCUT2D eigenvalue weighted by Gasteiger charge is -2.55. The Morgan fingerprint density at radius 3 is 2.45 bits per heavy atom. The van der Waals surface area contributed by atoms with Crippen molar-refractivity contribution in [3.63, 3.8) is 0 Å². The molecule has 7 nitrogen and oxygen atoms in total. The molecule has 0 bridgehead atoms. The van der Waals surface area contributed by atoms with E-state index in [1.165, 1.54) is 13.1 Å². The number of piperazine rings is 1. The average Bonchev–Trinajstić information content (AvgIpc) is 2.80. The number of fused-ring (bicyclic) bond motifs is 4. The van der Waals surface area contributed by atoms with Gasteiger partial charge in [-0.15, -0.1) is 0 Å². The lowest BCUT2D eigenvalue weighted by molar-refractivity contribution is -0.152. The van der Waals surface area contributed by atoms with Gasteiger partial charge in [0, 0.05) is 38.1 Å².